The molecule has 1 aliphatic heterocycles. The van der Waals surface area contributed by atoms with Crippen LogP contribution in [0.1, 0.15) is 17.4 Å². The summed E-state index contributed by atoms with van der Waals surface area (Å²) in [6.45, 7) is 3.78. The molecule has 4 heterocycles. The highest BCUT2D eigenvalue weighted by Gasteiger charge is 2.27. The third-order valence-corrected chi connectivity index (χ3v) is 3.89. The molecular formula is C16H17N7O. The number of nitrogens with zero attached hydrogens (tertiary/aromatic N) is 7. The maximum atomic E-state index is 5.79. The summed E-state index contributed by atoms with van der Waals surface area (Å²) in [5.41, 5.74) is 1.98. The lowest BCUT2D eigenvalue weighted by Crippen LogP contribution is -2.41. The van der Waals surface area contributed by atoms with Gasteiger partial charge in [0.25, 0.3) is 0 Å². The van der Waals surface area contributed by atoms with E-state index in [-0.39, 0.29) is 6.04 Å². The van der Waals surface area contributed by atoms with Gasteiger partial charge >= 0.3 is 6.01 Å². The van der Waals surface area contributed by atoms with Crippen LogP contribution in [0.2, 0.25) is 0 Å². The zero-order chi connectivity index (χ0) is 16.4. The third kappa shape index (κ3) is 2.90. The molecule has 3 aromatic heterocycles. The van der Waals surface area contributed by atoms with Gasteiger partial charge in [0, 0.05) is 37.0 Å². The SMILES string of the molecule is Cc1ccnc(OCC2CN(c3ncccn3)Cc3ccnn32)n1. The van der Waals surface area contributed by atoms with E-state index in [2.05, 4.69) is 29.9 Å². The summed E-state index contributed by atoms with van der Waals surface area (Å²) in [6, 6.07) is 6.08. The Hall–Kier alpha value is -3.03. The highest BCUT2D eigenvalue weighted by Crippen LogP contribution is 2.23. The quantitative estimate of drug-likeness (QED) is 0.718. The summed E-state index contributed by atoms with van der Waals surface area (Å²) in [4.78, 5) is 19.2. The van der Waals surface area contributed by atoms with Crippen molar-refractivity contribution in [1.29, 1.82) is 0 Å². The van der Waals surface area contributed by atoms with Gasteiger partial charge in [-0.25, -0.2) is 19.9 Å². The van der Waals surface area contributed by atoms with Gasteiger partial charge in [-0.3, -0.25) is 4.68 Å². The van der Waals surface area contributed by atoms with Gasteiger partial charge in [0.1, 0.15) is 12.6 Å². The van der Waals surface area contributed by atoms with Crippen LogP contribution in [0.15, 0.2) is 43.0 Å². The highest BCUT2D eigenvalue weighted by atomic mass is 16.5. The largest absolute Gasteiger partial charge is 0.461 e. The summed E-state index contributed by atoms with van der Waals surface area (Å²) < 4.78 is 7.78. The number of aryl methyl sites for hydroxylation is 1. The topological polar surface area (TPSA) is 81.9 Å². The average molecular weight is 323 g/mol. The predicted molar refractivity (Wildman–Crippen MR) is 86.6 cm³/mol. The second-order valence-corrected chi connectivity index (χ2v) is 5.64. The molecule has 0 fully saturated rings. The predicted octanol–water partition coefficient (Wildman–Crippen LogP) is 1.41. The molecular weight excluding hydrogens is 306 g/mol. The first kappa shape index (κ1) is 14.6. The second-order valence-electron chi connectivity index (χ2n) is 5.64. The van der Waals surface area contributed by atoms with E-state index in [9.17, 15) is 0 Å². The van der Waals surface area contributed by atoms with Gasteiger partial charge in [0.05, 0.1) is 12.2 Å². The van der Waals surface area contributed by atoms with Crippen LogP contribution in [0, 0.1) is 6.92 Å². The summed E-state index contributed by atoms with van der Waals surface area (Å²) in [5.74, 6) is 0.710. The zero-order valence-corrected chi connectivity index (χ0v) is 13.3. The molecule has 1 atom stereocenters. The maximum absolute atomic E-state index is 5.79. The molecule has 0 aliphatic carbocycles. The molecule has 24 heavy (non-hydrogen) atoms. The Morgan fingerprint density at radius 2 is 2.00 bits per heavy atom. The van der Waals surface area contributed by atoms with Crippen molar-refractivity contribution in [2.24, 2.45) is 0 Å². The molecule has 0 saturated carbocycles. The number of fused-ring (bicyclic) bond motifs is 1. The van der Waals surface area contributed by atoms with Gasteiger partial charge in [0.2, 0.25) is 5.95 Å². The van der Waals surface area contributed by atoms with Crippen molar-refractivity contribution < 1.29 is 4.74 Å². The first-order chi connectivity index (χ1) is 11.8. The summed E-state index contributed by atoms with van der Waals surface area (Å²) in [6.07, 6.45) is 7.00. The van der Waals surface area contributed by atoms with Crippen molar-refractivity contribution in [3.63, 3.8) is 0 Å². The second kappa shape index (κ2) is 6.23. The number of hydrogen-bond acceptors (Lipinski definition) is 7. The van der Waals surface area contributed by atoms with Crippen LogP contribution < -0.4 is 9.64 Å². The lowest BCUT2D eigenvalue weighted by Gasteiger charge is -2.33. The molecule has 0 saturated heterocycles. The van der Waals surface area contributed by atoms with Gasteiger partial charge in [-0.15, -0.1) is 0 Å². The molecule has 4 rings (SSSR count). The monoisotopic (exact) mass is 323 g/mol. The maximum Gasteiger partial charge on any atom is 0.316 e. The van der Waals surface area contributed by atoms with E-state index in [1.165, 1.54) is 0 Å². The van der Waals surface area contributed by atoms with Crippen molar-refractivity contribution in [1.82, 2.24) is 29.7 Å². The first-order valence-corrected chi connectivity index (χ1v) is 7.76. The summed E-state index contributed by atoms with van der Waals surface area (Å²) in [7, 11) is 0. The van der Waals surface area contributed by atoms with Gasteiger partial charge in [0.15, 0.2) is 0 Å². The molecule has 3 aromatic rings. The fourth-order valence-electron chi connectivity index (χ4n) is 2.78. The minimum Gasteiger partial charge on any atom is -0.461 e. The molecule has 0 aromatic carbocycles. The van der Waals surface area contributed by atoms with Crippen molar-refractivity contribution in [3.05, 3.63) is 54.4 Å². The van der Waals surface area contributed by atoms with Crippen LogP contribution >= 0.6 is 0 Å². The smallest absolute Gasteiger partial charge is 0.316 e. The van der Waals surface area contributed by atoms with E-state index < -0.39 is 0 Å². The molecule has 0 spiro atoms. The van der Waals surface area contributed by atoms with Crippen molar-refractivity contribution >= 4 is 5.95 Å². The summed E-state index contributed by atoms with van der Waals surface area (Å²) >= 11 is 0. The van der Waals surface area contributed by atoms with Crippen molar-refractivity contribution in [2.75, 3.05) is 18.1 Å². The number of ether oxygens (including phenoxy) is 1. The van der Waals surface area contributed by atoms with Crippen LogP contribution in [0.3, 0.4) is 0 Å². The minimum atomic E-state index is 0.0386. The first-order valence-electron chi connectivity index (χ1n) is 7.76. The Labute approximate surface area is 139 Å². The van der Waals surface area contributed by atoms with E-state index in [4.69, 9.17) is 4.74 Å². The average Bonchev–Trinajstić information content (AvgIpc) is 3.09. The van der Waals surface area contributed by atoms with Crippen molar-refractivity contribution in [2.45, 2.75) is 19.5 Å². The molecule has 0 amide bonds. The molecule has 8 heteroatoms. The Morgan fingerprint density at radius 3 is 2.83 bits per heavy atom. The van der Waals surface area contributed by atoms with E-state index in [0.717, 1.165) is 17.9 Å². The Morgan fingerprint density at radius 1 is 1.12 bits per heavy atom. The van der Waals surface area contributed by atoms with Crippen LogP contribution in [-0.2, 0) is 6.54 Å². The van der Waals surface area contributed by atoms with Crippen LogP contribution in [0.4, 0.5) is 5.95 Å². The van der Waals surface area contributed by atoms with Crippen LogP contribution in [0.5, 0.6) is 6.01 Å². The third-order valence-electron chi connectivity index (χ3n) is 3.89. The van der Waals surface area contributed by atoms with Crippen LogP contribution in [0.25, 0.3) is 0 Å². The molecule has 1 unspecified atom stereocenters. The number of rotatable bonds is 4. The molecule has 8 nitrogen and oxygen atoms in total. The number of hydrogen-bond donors (Lipinski definition) is 0. The van der Waals surface area contributed by atoms with Gasteiger partial charge < -0.3 is 9.64 Å². The fraction of sp³-hybridized carbons (Fsp3) is 0.312. The number of aromatic nitrogens is 6. The van der Waals surface area contributed by atoms with E-state index in [0.29, 0.717) is 25.1 Å². The zero-order valence-electron chi connectivity index (χ0n) is 13.3. The molecule has 122 valence electrons. The lowest BCUT2D eigenvalue weighted by molar-refractivity contribution is 0.213. The van der Waals surface area contributed by atoms with Gasteiger partial charge in [-0.1, -0.05) is 0 Å². The molecule has 1 aliphatic rings. The highest BCUT2D eigenvalue weighted by molar-refractivity contribution is 5.32. The summed E-state index contributed by atoms with van der Waals surface area (Å²) in [5, 5.41) is 4.42. The molecule has 0 N–H and O–H groups in total. The van der Waals surface area contributed by atoms with E-state index in [1.54, 1.807) is 24.8 Å². The number of anilines is 1. The fourth-order valence-corrected chi connectivity index (χ4v) is 2.78. The van der Waals surface area contributed by atoms with E-state index >= 15 is 0 Å². The Bertz CT molecular complexity index is 820. The normalized spacial score (nSPS) is 16.7. The lowest BCUT2D eigenvalue weighted by atomic mass is 10.2. The van der Waals surface area contributed by atoms with Crippen LogP contribution in [-0.4, -0.2) is 42.9 Å². The van der Waals surface area contributed by atoms with Gasteiger partial charge in [-0.2, -0.15) is 5.10 Å². The molecule has 0 radical (unpaired) electrons. The van der Waals surface area contributed by atoms with Gasteiger partial charge in [-0.05, 0) is 25.1 Å². The Kier molecular flexibility index (Phi) is 3.78. The minimum absolute atomic E-state index is 0.0386. The van der Waals surface area contributed by atoms with E-state index in [1.807, 2.05) is 29.8 Å². The van der Waals surface area contributed by atoms with Crippen molar-refractivity contribution in [3.8, 4) is 6.01 Å². The molecule has 0 bridgehead atoms. The Balaban J connectivity index is 1.53. The standard InChI is InChI=1S/C16H17N7O/c1-12-3-7-19-16(21-12)24-11-14-10-22(15-17-5-2-6-18-15)9-13-4-8-20-23(13)14/h2-8,14H,9-11H2,1H3.